The van der Waals surface area contributed by atoms with Gasteiger partial charge in [0.2, 0.25) is 5.82 Å². The van der Waals surface area contributed by atoms with Gasteiger partial charge in [0.1, 0.15) is 5.82 Å². The van der Waals surface area contributed by atoms with Crippen molar-refractivity contribution < 1.29 is 36.4 Å². The van der Waals surface area contributed by atoms with E-state index in [0.29, 0.717) is 6.61 Å². The summed E-state index contributed by atoms with van der Waals surface area (Å²) in [7, 11) is 0. The highest BCUT2D eigenvalue weighted by Crippen LogP contribution is 2.29. The number of ether oxygens (including phenoxy) is 1. The smallest absolute Gasteiger partial charge is 0.377 e. The maximum atomic E-state index is 13.5. The van der Waals surface area contributed by atoms with Gasteiger partial charge in [0, 0.05) is 29.8 Å². The first kappa shape index (κ1) is 23.4. The van der Waals surface area contributed by atoms with Crippen molar-refractivity contribution >= 4 is 11.8 Å². The lowest BCUT2D eigenvalue weighted by Gasteiger charge is -2.35. The lowest BCUT2D eigenvalue weighted by Crippen LogP contribution is -2.53. The van der Waals surface area contributed by atoms with Gasteiger partial charge < -0.3 is 19.5 Å². The van der Waals surface area contributed by atoms with E-state index in [9.17, 15) is 27.2 Å². The molecule has 1 N–H and O–H groups in total. The van der Waals surface area contributed by atoms with Crippen LogP contribution in [-0.4, -0.2) is 59.2 Å². The average Bonchev–Trinajstić information content (AvgIpc) is 3.33. The first-order valence-electron chi connectivity index (χ1n) is 10.2. The van der Waals surface area contributed by atoms with Crippen LogP contribution < -0.4 is 5.32 Å². The topological polar surface area (TPSA) is 97.6 Å². The molecule has 1 atom stereocenters. The number of amides is 2. The van der Waals surface area contributed by atoms with Crippen LogP contribution in [0.1, 0.15) is 26.6 Å². The third-order valence-electron chi connectivity index (χ3n) is 5.13. The second-order valence-corrected chi connectivity index (χ2v) is 7.45. The monoisotopic (exact) mass is 478 g/mol. The van der Waals surface area contributed by atoms with Gasteiger partial charge in [-0.1, -0.05) is 23.4 Å². The van der Waals surface area contributed by atoms with E-state index < -0.39 is 29.8 Å². The Balaban J connectivity index is 1.39. The molecule has 0 radical (unpaired) electrons. The molecule has 2 amide bonds. The summed E-state index contributed by atoms with van der Waals surface area (Å²) in [5.41, 5.74) is 0.676. The fourth-order valence-corrected chi connectivity index (χ4v) is 3.42. The van der Waals surface area contributed by atoms with Crippen molar-refractivity contribution in [3.63, 3.8) is 0 Å². The van der Waals surface area contributed by atoms with Crippen molar-refractivity contribution in [1.29, 1.82) is 0 Å². The summed E-state index contributed by atoms with van der Waals surface area (Å²) in [4.78, 5) is 30.2. The molecule has 12 heteroatoms. The predicted octanol–water partition coefficient (Wildman–Crippen LogP) is 3.17. The largest absolute Gasteiger partial charge is 0.471 e. The molecule has 1 aliphatic rings. The zero-order valence-electron chi connectivity index (χ0n) is 17.5. The Hall–Kier alpha value is -3.80. The molecule has 0 aliphatic carbocycles. The van der Waals surface area contributed by atoms with Gasteiger partial charge in [-0.05, 0) is 30.3 Å². The van der Waals surface area contributed by atoms with Crippen molar-refractivity contribution in [1.82, 2.24) is 20.4 Å². The van der Waals surface area contributed by atoms with Gasteiger partial charge in [0.15, 0.2) is 0 Å². The van der Waals surface area contributed by atoms with Crippen molar-refractivity contribution in [2.45, 2.75) is 12.2 Å². The van der Waals surface area contributed by atoms with Crippen LogP contribution in [0.3, 0.4) is 0 Å². The number of hydrogen-bond acceptors (Lipinski definition) is 6. The number of morpholine rings is 1. The highest BCUT2D eigenvalue weighted by Gasteiger charge is 2.38. The summed E-state index contributed by atoms with van der Waals surface area (Å²) in [5.74, 6) is -3.08. The Kier molecular flexibility index (Phi) is 6.59. The molecular formula is C22H18F4N4O4. The summed E-state index contributed by atoms with van der Waals surface area (Å²) in [6.07, 6.45) is -4.75. The zero-order chi connectivity index (χ0) is 24.3. The van der Waals surface area contributed by atoms with E-state index >= 15 is 0 Å². The highest BCUT2D eigenvalue weighted by atomic mass is 19.4. The van der Waals surface area contributed by atoms with E-state index in [1.54, 1.807) is 0 Å². The Bertz CT molecular complexity index is 1180. The minimum Gasteiger partial charge on any atom is -0.377 e. The zero-order valence-corrected chi connectivity index (χ0v) is 17.5. The fraction of sp³-hybridized carbons (Fsp3) is 0.273. The Labute approximate surface area is 190 Å². The molecule has 1 fully saturated rings. The minimum absolute atomic E-state index is 0.0847. The maximum absolute atomic E-state index is 13.5. The average molecular weight is 478 g/mol. The number of carbonyl (C=O) groups is 2. The normalized spacial score (nSPS) is 16.4. The first-order valence-corrected chi connectivity index (χ1v) is 10.2. The lowest BCUT2D eigenvalue weighted by atomic mass is 10.1. The molecule has 178 valence electrons. The Morgan fingerprint density at radius 2 is 1.88 bits per heavy atom. The number of carbonyl (C=O) groups excluding carboxylic acids is 2. The van der Waals surface area contributed by atoms with Crippen LogP contribution in [0.4, 0.5) is 17.6 Å². The number of alkyl halides is 3. The highest BCUT2D eigenvalue weighted by molar-refractivity contribution is 5.95. The molecule has 3 aromatic rings. The molecule has 1 aliphatic heterocycles. The molecule has 34 heavy (non-hydrogen) atoms. The van der Waals surface area contributed by atoms with E-state index in [2.05, 4.69) is 20.0 Å². The van der Waals surface area contributed by atoms with Gasteiger partial charge in [-0.2, -0.15) is 18.2 Å². The van der Waals surface area contributed by atoms with Gasteiger partial charge in [-0.25, -0.2) is 4.39 Å². The Morgan fingerprint density at radius 3 is 2.56 bits per heavy atom. The molecule has 0 spiro atoms. The fourth-order valence-electron chi connectivity index (χ4n) is 3.42. The quantitative estimate of drug-likeness (QED) is 0.566. The molecule has 1 aromatic heterocycles. The van der Waals surface area contributed by atoms with Crippen molar-refractivity contribution in [3.8, 4) is 11.4 Å². The van der Waals surface area contributed by atoms with Crippen LogP contribution in [0.5, 0.6) is 0 Å². The van der Waals surface area contributed by atoms with Crippen LogP contribution in [0, 0.1) is 5.82 Å². The summed E-state index contributed by atoms with van der Waals surface area (Å²) < 4.78 is 61.0. The van der Waals surface area contributed by atoms with Crippen LogP contribution in [0.2, 0.25) is 0 Å². The second kappa shape index (κ2) is 9.59. The number of halogens is 4. The molecule has 2 heterocycles. The maximum Gasteiger partial charge on any atom is 0.471 e. The summed E-state index contributed by atoms with van der Waals surface area (Å²) >= 11 is 0. The van der Waals surface area contributed by atoms with Crippen LogP contribution in [0.25, 0.3) is 11.4 Å². The number of aromatic nitrogens is 2. The summed E-state index contributed by atoms with van der Waals surface area (Å²) in [5, 5.41) is 6.01. The van der Waals surface area contributed by atoms with Crippen LogP contribution in [-0.2, 0) is 10.9 Å². The Morgan fingerprint density at radius 1 is 1.12 bits per heavy atom. The van der Waals surface area contributed by atoms with Gasteiger partial charge in [0.25, 0.3) is 11.8 Å². The van der Waals surface area contributed by atoms with E-state index in [1.807, 2.05) is 0 Å². The number of nitrogens with one attached hydrogen (secondary N) is 1. The lowest BCUT2D eigenvalue weighted by molar-refractivity contribution is -0.159. The molecule has 0 saturated carbocycles. The molecule has 8 nitrogen and oxygen atoms in total. The molecule has 1 saturated heterocycles. The van der Waals surface area contributed by atoms with E-state index in [0.717, 1.165) is 6.07 Å². The molecular weight excluding hydrogens is 460 g/mol. The third kappa shape index (κ3) is 5.22. The van der Waals surface area contributed by atoms with E-state index in [-0.39, 0.29) is 48.1 Å². The van der Waals surface area contributed by atoms with E-state index in [4.69, 9.17) is 4.74 Å². The van der Waals surface area contributed by atoms with Crippen LogP contribution in [0.15, 0.2) is 53.1 Å². The molecule has 0 unspecified atom stereocenters. The van der Waals surface area contributed by atoms with E-state index in [1.165, 1.54) is 47.4 Å². The third-order valence-corrected chi connectivity index (χ3v) is 5.13. The number of benzene rings is 2. The van der Waals surface area contributed by atoms with Gasteiger partial charge in [0.05, 0.1) is 19.3 Å². The minimum atomic E-state index is -4.75. The van der Waals surface area contributed by atoms with Gasteiger partial charge in [-0.15, -0.1) is 0 Å². The van der Waals surface area contributed by atoms with Crippen molar-refractivity contribution in [2.24, 2.45) is 0 Å². The summed E-state index contributed by atoms with van der Waals surface area (Å²) in [6, 6.07) is 10.5. The molecule has 4 rings (SSSR count). The summed E-state index contributed by atoms with van der Waals surface area (Å²) in [6.45, 7) is 0.884. The molecule has 2 aromatic carbocycles. The first-order chi connectivity index (χ1) is 16.2. The second-order valence-electron chi connectivity index (χ2n) is 7.45. The number of nitrogens with zero attached hydrogens (tertiary/aromatic N) is 3. The van der Waals surface area contributed by atoms with Gasteiger partial charge >= 0.3 is 12.1 Å². The predicted molar refractivity (Wildman–Crippen MR) is 109 cm³/mol. The number of hydrogen-bond donors (Lipinski definition) is 1. The van der Waals surface area contributed by atoms with Crippen molar-refractivity contribution in [2.75, 3.05) is 26.3 Å². The number of rotatable bonds is 5. The SMILES string of the molecule is O=C(NC[C@H]1COCCN1C(=O)c1cccc(F)c1)c1ccc(-c2noc(C(F)(F)F)n2)cc1. The standard InChI is InChI=1S/C22H18F4N4O4/c23-16-3-1-2-15(10-16)20(32)30-8-9-33-12-17(30)11-27-19(31)14-6-4-13(5-7-14)18-28-21(34-29-18)22(24,25)26/h1-7,10,17H,8-9,11-12H2,(H,27,31)/t17-/m0/s1. The molecule has 0 bridgehead atoms. The van der Waals surface area contributed by atoms with Crippen LogP contribution >= 0.6 is 0 Å². The van der Waals surface area contributed by atoms with Crippen molar-refractivity contribution in [3.05, 3.63) is 71.4 Å². The van der Waals surface area contributed by atoms with Gasteiger partial charge in [-0.3, -0.25) is 9.59 Å².